The van der Waals surface area contributed by atoms with Gasteiger partial charge in [0, 0.05) is 11.7 Å². The number of rotatable bonds is 5. The van der Waals surface area contributed by atoms with E-state index in [0.29, 0.717) is 6.04 Å². The van der Waals surface area contributed by atoms with Crippen molar-refractivity contribution < 1.29 is 0 Å². The van der Waals surface area contributed by atoms with Gasteiger partial charge in [0.25, 0.3) is 0 Å². The summed E-state index contributed by atoms with van der Waals surface area (Å²) in [4.78, 5) is 0. The third-order valence-corrected chi connectivity index (χ3v) is 2.97. The Morgan fingerprint density at radius 3 is 2.29 bits per heavy atom. The van der Waals surface area contributed by atoms with Gasteiger partial charge in [0.1, 0.15) is 0 Å². The Bertz CT molecular complexity index is 343. The van der Waals surface area contributed by atoms with Crippen LogP contribution in [0.5, 0.6) is 0 Å². The normalized spacial score (nSPS) is 13.2. The minimum atomic E-state index is 0.229. The molecule has 0 aliphatic heterocycles. The van der Waals surface area contributed by atoms with Gasteiger partial charge in [-0.3, -0.25) is 0 Å². The largest absolute Gasteiger partial charge is 0.383 e. The Morgan fingerprint density at radius 2 is 1.82 bits per heavy atom. The third-order valence-electron chi connectivity index (χ3n) is 2.97. The minimum absolute atomic E-state index is 0.229. The maximum Gasteiger partial charge on any atom is 0.0342 e. The Labute approximate surface area is 106 Å². The summed E-state index contributed by atoms with van der Waals surface area (Å²) in [5.41, 5.74) is 2.81. The molecule has 0 aliphatic rings. The van der Waals surface area contributed by atoms with E-state index in [2.05, 4.69) is 63.9 Å². The van der Waals surface area contributed by atoms with Gasteiger partial charge in [-0.15, -0.1) is 6.58 Å². The molecule has 0 saturated heterocycles. The van der Waals surface area contributed by atoms with Crippen LogP contribution >= 0.6 is 0 Å². The van der Waals surface area contributed by atoms with E-state index in [1.807, 2.05) is 6.08 Å². The van der Waals surface area contributed by atoms with Crippen molar-refractivity contribution in [1.29, 1.82) is 0 Å². The van der Waals surface area contributed by atoms with Crippen LogP contribution < -0.4 is 5.32 Å². The minimum Gasteiger partial charge on any atom is -0.383 e. The zero-order valence-corrected chi connectivity index (χ0v) is 11.6. The Morgan fingerprint density at radius 1 is 1.24 bits per heavy atom. The van der Waals surface area contributed by atoms with Crippen LogP contribution in [-0.2, 0) is 5.41 Å². The Hall–Kier alpha value is -1.24. The fourth-order valence-electron chi connectivity index (χ4n) is 1.79. The molecule has 0 bridgehead atoms. The molecule has 0 fully saturated rings. The first-order chi connectivity index (χ1) is 7.93. The molecule has 0 spiro atoms. The molecule has 1 unspecified atom stereocenters. The molecule has 1 aromatic carbocycles. The van der Waals surface area contributed by atoms with Crippen molar-refractivity contribution in [1.82, 2.24) is 0 Å². The third kappa shape index (κ3) is 4.64. The molecule has 1 atom stereocenters. The average molecular weight is 231 g/mol. The van der Waals surface area contributed by atoms with Crippen LogP contribution in [0.25, 0.3) is 0 Å². The summed E-state index contributed by atoms with van der Waals surface area (Å²) >= 11 is 0. The average Bonchev–Trinajstić information content (AvgIpc) is 2.26. The summed E-state index contributed by atoms with van der Waals surface area (Å²) in [7, 11) is 0. The van der Waals surface area contributed by atoms with Crippen molar-refractivity contribution in [2.24, 2.45) is 0 Å². The van der Waals surface area contributed by atoms with Crippen LogP contribution in [0, 0.1) is 0 Å². The van der Waals surface area contributed by atoms with Crippen LogP contribution in [0.2, 0.25) is 0 Å². The predicted octanol–water partition coefficient (Wildman–Crippen LogP) is 4.75. The number of allylic oxidation sites excluding steroid dienone is 1. The monoisotopic (exact) mass is 231 g/mol. The van der Waals surface area contributed by atoms with Gasteiger partial charge in [0.2, 0.25) is 0 Å². The molecule has 1 N–H and O–H groups in total. The second-order valence-electron chi connectivity index (χ2n) is 5.74. The first-order valence-electron chi connectivity index (χ1n) is 6.41. The SMILES string of the molecule is C=CCCC(C)Nc1ccc(C(C)(C)C)cc1. The van der Waals surface area contributed by atoms with Gasteiger partial charge in [-0.25, -0.2) is 0 Å². The summed E-state index contributed by atoms with van der Waals surface area (Å²) in [6.07, 6.45) is 4.17. The highest BCUT2D eigenvalue weighted by atomic mass is 14.9. The van der Waals surface area contributed by atoms with E-state index in [9.17, 15) is 0 Å². The van der Waals surface area contributed by atoms with Crippen molar-refractivity contribution in [3.05, 3.63) is 42.5 Å². The first kappa shape index (κ1) is 13.8. The molecule has 1 heteroatoms. The zero-order valence-electron chi connectivity index (χ0n) is 11.6. The Kier molecular flexibility index (Phi) is 4.80. The molecular formula is C16H25N. The number of hydrogen-bond donors (Lipinski definition) is 1. The standard InChI is InChI=1S/C16H25N/c1-6-7-8-13(2)17-15-11-9-14(10-12-15)16(3,4)5/h6,9-13,17H,1,7-8H2,2-5H3. The van der Waals surface area contributed by atoms with Crippen LogP contribution in [0.4, 0.5) is 5.69 Å². The van der Waals surface area contributed by atoms with Gasteiger partial charge < -0.3 is 5.32 Å². The molecule has 0 amide bonds. The topological polar surface area (TPSA) is 12.0 Å². The van der Waals surface area contributed by atoms with E-state index < -0.39 is 0 Å². The van der Waals surface area contributed by atoms with Gasteiger partial charge in [-0.2, -0.15) is 0 Å². The van der Waals surface area contributed by atoms with E-state index >= 15 is 0 Å². The van der Waals surface area contributed by atoms with E-state index in [4.69, 9.17) is 0 Å². The molecule has 94 valence electrons. The highest BCUT2D eigenvalue weighted by molar-refractivity contribution is 5.46. The molecule has 1 nitrogen and oxygen atoms in total. The van der Waals surface area contributed by atoms with Crippen molar-refractivity contribution in [3.8, 4) is 0 Å². The van der Waals surface area contributed by atoms with Crippen molar-refractivity contribution in [2.75, 3.05) is 5.32 Å². The van der Waals surface area contributed by atoms with E-state index in [-0.39, 0.29) is 5.41 Å². The highest BCUT2D eigenvalue weighted by Crippen LogP contribution is 2.23. The van der Waals surface area contributed by atoms with Crippen molar-refractivity contribution in [2.45, 2.75) is 52.0 Å². The summed E-state index contributed by atoms with van der Waals surface area (Å²) in [5, 5.41) is 3.51. The maximum atomic E-state index is 3.75. The summed E-state index contributed by atoms with van der Waals surface area (Å²) in [5.74, 6) is 0. The quantitative estimate of drug-likeness (QED) is 0.721. The van der Waals surface area contributed by atoms with Crippen molar-refractivity contribution in [3.63, 3.8) is 0 Å². The number of nitrogens with one attached hydrogen (secondary N) is 1. The van der Waals surface area contributed by atoms with Gasteiger partial charge in [0.15, 0.2) is 0 Å². The van der Waals surface area contributed by atoms with Gasteiger partial charge in [-0.1, -0.05) is 39.0 Å². The lowest BCUT2D eigenvalue weighted by Gasteiger charge is -2.20. The molecule has 0 aromatic heterocycles. The van der Waals surface area contributed by atoms with Gasteiger partial charge in [-0.05, 0) is 42.9 Å². The van der Waals surface area contributed by atoms with E-state index in [1.165, 1.54) is 11.3 Å². The van der Waals surface area contributed by atoms with Gasteiger partial charge >= 0.3 is 0 Å². The first-order valence-corrected chi connectivity index (χ1v) is 6.41. The summed E-state index contributed by atoms with van der Waals surface area (Å²) < 4.78 is 0. The van der Waals surface area contributed by atoms with E-state index in [1.54, 1.807) is 0 Å². The lowest BCUT2D eigenvalue weighted by Crippen LogP contribution is -2.15. The molecule has 0 aliphatic carbocycles. The molecule has 0 radical (unpaired) electrons. The number of benzene rings is 1. The fraction of sp³-hybridized carbons (Fsp3) is 0.500. The number of hydrogen-bond acceptors (Lipinski definition) is 1. The lowest BCUT2D eigenvalue weighted by molar-refractivity contribution is 0.590. The van der Waals surface area contributed by atoms with Crippen molar-refractivity contribution >= 4 is 5.69 Å². The number of anilines is 1. The van der Waals surface area contributed by atoms with Crippen LogP contribution in [-0.4, -0.2) is 6.04 Å². The van der Waals surface area contributed by atoms with Gasteiger partial charge in [0.05, 0.1) is 0 Å². The molecular weight excluding hydrogens is 206 g/mol. The van der Waals surface area contributed by atoms with E-state index in [0.717, 1.165) is 12.8 Å². The molecule has 17 heavy (non-hydrogen) atoms. The second-order valence-corrected chi connectivity index (χ2v) is 5.74. The smallest absolute Gasteiger partial charge is 0.0342 e. The fourth-order valence-corrected chi connectivity index (χ4v) is 1.79. The molecule has 1 rings (SSSR count). The lowest BCUT2D eigenvalue weighted by atomic mass is 9.87. The maximum absolute atomic E-state index is 3.75. The zero-order chi connectivity index (χ0) is 12.9. The van der Waals surface area contributed by atoms with Crippen LogP contribution in [0.3, 0.4) is 0 Å². The van der Waals surface area contributed by atoms with Crippen LogP contribution in [0.1, 0.15) is 46.1 Å². The molecule has 0 heterocycles. The Balaban J connectivity index is 2.59. The summed E-state index contributed by atoms with van der Waals surface area (Å²) in [6.45, 7) is 12.7. The predicted molar refractivity (Wildman–Crippen MR) is 77.7 cm³/mol. The molecule has 1 aromatic rings. The molecule has 0 saturated carbocycles. The van der Waals surface area contributed by atoms with Crippen LogP contribution in [0.15, 0.2) is 36.9 Å². The highest BCUT2D eigenvalue weighted by Gasteiger charge is 2.12. The summed E-state index contributed by atoms with van der Waals surface area (Å²) in [6, 6.07) is 9.26. The second kappa shape index (κ2) is 5.90.